The minimum Gasteiger partial charge on any atom is -0.497 e. The molecule has 0 radical (unpaired) electrons. The van der Waals surface area contributed by atoms with Crippen LogP contribution >= 0.6 is 11.6 Å². The van der Waals surface area contributed by atoms with Gasteiger partial charge in [0, 0.05) is 42.5 Å². The number of hydrogen-bond donors (Lipinski definition) is 2. The van der Waals surface area contributed by atoms with E-state index in [1.54, 1.807) is 62.8 Å². The molecule has 1 heterocycles. The minimum atomic E-state index is -0.436. The number of amides is 2. The molecular weight excluding hydrogens is 444 g/mol. The van der Waals surface area contributed by atoms with Crippen molar-refractivity contribution in [2.45, 2.75) is 6.42 Å². The summed E-state index contributed by atoms with van der Waals surface area (Å²) in [7, 11) is 3.14. The van der Waals surface area contributed by atoms with Crippen molar-refractivity contribution in [3.63, 3.8) is 0 Å². The number of rotatable bonds is 10. The SMILES string of the molecule is COCCCNC(=O)C(=Cc1ccc(-c2cccc(Cl)c2)o1)NC(=O)c1ccc(OC)cc1. The molecule has 1 aromatic heterocycles. The fraction of sp³-hybridized carbons (Fsp3) is 0.200. The quantitative estimate of drug-likeness (QED) is 0.337. The topological polar surface area (TPSA) is 89.8 Å². The average Bonchev–Trinajstić information content (AvgIpc) is 3.30. The predicted octanol–water partition coefficient (Wildman–Crippen LogP) is 4.53. The zero-order valence-corrected chi connectivity index (χ0v) is 19.1. The molecule has 0 aliphatic carbocycles. The highest BCUT2D eigenvalue weighted by Crippen LogP contribution is 2.25. The van der Waals surface area contributed by atoms with Gasteiger partial charge in [-0.25, -0.2) is 0 Å². The van der Waals surface area contributed by atoms with Crippen LogP contribution in [-0.2, 0) is 9.53 Å². The summed E-state index contributed by atoms with van der Waals surface area (Å²) in [5.74, 6) is 0.751. The lowest BCUT2D eigenvalue weighted by Crippen LogP contribution is -2.35. The van der Waals surface area contributed by atoms with Crippen molar-refractivity contribution in [2.75, 3.05) is 27.4 Å². The van der Waals surface area contributed by atoms with Crippen LogP contribution in [-0.4, -0.2) is 39.2 Å². The van der Waals surface area contributed by atoms with E-state index in [0.29, 0.717) is 47.4 Å². The van der Waals surface area contributed by atoms with E-state index in [1.807, 2.05) is 12.1 Å². The summed E-state index contributed by atoms with van der Waals surface area (Å²) < 4.78 is 16.0. The van der Waals surface area contributed by atoms with Crippen molar-refractivity contribution in [3.8, 4) is 17.1 Å². The third-order valence-corrected chi connectivity index (χ3v) is 4.91. The number of furan rings is 1. The molecule has 0 fully saturated rings. The van der Waals surface area contributed by atoms with Crippen LogP contribution in [0.15, 0.2) is 70.8 Å². The second-order valence-corrected chi connectivity index (χ2v) is 7.49. The van der Waals surface area contributed by atoms with Crippen molar-refractivity contribution >= 4 is 29.5 Å². The van der Waals surface area contributed by atoms with E-state index in [2.05, 4.69) is 10.6 Å². The first kappa shape index (κ1) is 24.1. The van der Waals surface area contributed by atoms with E-state index in [1.165, 1.54) is 6.08 Å². The van der Waals surface area contributed by atoms with Crippen molar-refractivity contribution in [3.05, 3.63) is 82.7 Å². The van der Waals surface area contributed by atoms with Crippen LogP contribution in [0.5, 0.6) is 5.75 Å². The summed E-state index contributed by atoms with van der Waals surface area (Å²) in [5, 5.41) is 6.04. The van der Waals surface area contributed by atoms with Gasteiger partial charge in [-0.2, -0.15) is 0 Å². The van der Waals surface area contributed by atoms with E-state index in [9.17, 15) is 9.59 Å². The second kappa shape index (κ2) is 11.9. The normalized spacial score (nSPS) is 11.2. The van der Waals surface area contributed by atoms with E-state index < -0.39 is 11.8 Å². The Hall–Kier alpha value is -3.55. The lowest BCUT2D eigenvalue weighted by Gasteiger charge is -2.11. The Morgan fingerprint density at radius 3 is 2.55 bits per heavy atom. The molecule has 0 spiro atoms. The van der Waals surface area contributed by atoms with Gasteiger partial charge in [-0.05, 0) is 55.0 Å². The van der Waals surface area contributed by atoms with E-state index in [4.69, 9.17) is 25.5 Å². The molecule has 0 saturated heterocycles. The lowest BCUT2D eigenvalue weighted by atomic mass is 10.2. The summed E-state index contributed by atoms with van der Waals surface area (Å²) in [6.07, 6.45) is 2.13. The number of benzene rings is 2. The molecule has 0 atom stereocenters. The Kier molecular flexibility index (Phi) is 8.69. The Morgan fingerprint density at radius 1 is 1.06 bits per heavy atom. The second-order valence-electron chi connectivity index (χ2n) is 7.06. The van der Waals surface area contributed by atoms with Crippen LogP contribution in [0.25, 0.3) is 17.4 Å². The van der Waals surface area contributed by atoms with E-state index in [0.717, 1.165) is 5.56 Å². The molecule has 2 aromatic carbocycles. The molecule has 0 aliphatic heterocycles. The Morgan fingerprint density at radius 2 is 1.85 bits per heavy atom. The Labute approximate surface area is 197 Å². The van der Waals surface area contributed by atoms with Crippen molar-refractivity contribution < 1.29 is 23.5 Å². The molecule has 7 nitrogen and oxygen atoms in total. The van der Waals surface area contributed by atoms with Gasteiger partial charge in [-0.15, -0.1) is 0 Å². The molecule has 3 rings (SSSR count). The van der Waals surface area contributed by atoms with Gasteiger partial charge in [0.05, 0.1) is 7.11 Å². The number of hydrogen-bond acceptors (Lipinski definition) is 5. The van der Waals surface area contributed by atoms with Gasteiger partial charge in [0.15, 0.2) is 0 Å². The molecule has 33 heavy (non-hydrogen) atoms. The standard InChI is InChI=1S/C25H25ClN2O5/c1-31-14-4-13-27-25(30)22(28-24(29)17-7-9-20(32-2)10-8-17)16-21-11-12-23(33-21)18-5-3-6-19(26)15-18/h3,5-12,15-16H,4,13-14H2,1-2H3,(H,27,30)(H,28,29). The Bertz CT molecular complexity index is 1120. The highest BCUT2D eigenvalue weighted by atomic mass is 35.5. The number of carbonyl (C=O) groups is 2. The van der Waals surface area contributed by atoms with Gasteiger partial charge in [0.25, 0.3) is 11.8 Å². The maximum atomic E-state index is 12.8. The predicted molar refractivity (Wildman–Crippen MR) is 127 cm³/mol. The van der Waals surface area contributed by atoms with Crippen molar-refractivity contribution in [2.24, 2.45) is 0 Å². The molecule has 0 unspecified atom stereocenters. The highest BCUT2D eigenvalue weighted by Gasteiger charge is 2.16. The van der Waals surface area contributed by atoms with Crippen LogP contribution in [0.3, 0.4) is 0 Å². The summed E-state index contributed by atoms with van der Waals surface area (Å²) in [6, 6.07) is 17.3. The largest absolute Gasteiger partial charge is 0.497 e. The fourth-order valence-electron chi connectivity index (χ4n) is 2.98. The van der Waals surface area contributed by atoms with Crippen LogP contribution in [0.1, 0.15) is 22.5 Å². The zero-order chi connectivity index (χ0) is 23.6. The van der Waals surface area contributed by atoms with E-state index >= 15 is 0 Å². The van der Waals surface area contributed by atoms with Gasteiger partial charge in [-0.1, -0.05) is 23.7 Å². The number of halogens is 1. The zero-order valence-electron chi connectivity index (χ0n) is 18.4. The van der Waals surface area contributed by atoms with Crippen LogP contribution in [0.2, 0.25) is 5.02 Å². The minimum absolute atomic E-state index is 0.0558. The number of methoxy groups -OCH3 is 2. The van der Waals surface area contributed by atoms with Crippen molar-refractivity contribution in [1.82, 2.24) is 10.6 Å². The highest BCUT2D eigenvalue weighted by molar-refractivity contribution is 6.30. The third-order valence-electron chi connectivity index (χ3n) is 4.68. The number of carbonyl (C=O) groups excluding carboxylic acids is 2. The van der Waals surface area contributed by atoms with Crippen LogP contribution < -0.4 is 15.4 Å². The van der Waals surface area contributed by atoms with Gasteiger partial charge < -0.3 is 24.5 Å². The number of ether oxygens (including phenoxy) is 2. The molecule has 8 heteroatoms. The first-order valence-electron chi connectivity index (χ1n) is 10.3. The van der Waals surface area contributed by atoms with Crippen LogP contribution in [0, 0.1) is 0 Å². The molecule has 0 bridgehead atoms. The van der Waals surface area contributed by atoms with E-state index in [-0.39, 0.29) is 5.70 Å². The fourth-order valence-corrected chi connectivity index (χ4v) is 3.17. The van der Waals surface area contributed by atoms with Crippen molar-refractivity contribution in [1.29, 1.82) is 0 Å². The summed E-state index contributed by atoms with van der Waals surface area (Å²) in [5.41, 5.74) is 1.24. The average molecular weight is 469 g/mol. The van der Waals surface area contributed by atoms with Gasteiger partial charge in [0.2, 0.25) is 0 Å². The summed E-state index contributed by atoms with van der Waals surface area (Å²) in [4.78, 5) is 25.5. The number of nitrogens with one attached hydrogen (secondary N) is 2. The first-order chi connectivity index (χ1) is 16.0. The molecular formula is C25H25ClN2O5. The molecule has 0 aliphatic rings. The monoisotopic (exact) mass is 468 g/mol. The van der Waals surface area contributed by atoms with Gasteiger partial charge in [-0.3, -0.25) is 9.59 Å². The Balaban J connectivity index is 1.82. The van der Waals surface area contributed by atoms with Crippen LogP contribution in [0.4, 0.5) is 0 Å². The lowest BCUT2D eigenvalue weighted by molar-refractivity contribution is -0.117. The summed E-state index contributed by atoms with van der Waals surface area (Å²) >= 11 is 6.06. The molecule has 0 saturated carbocycles. The third kappa shape index (κ3) is 6.97. The molecule has 2 amide bonds. The maximum Gasteiger partial charge on any atom is 0.267 e. The molecule has 2 N–H and O–H groups in total. The van der Waals surface area contributed by atoms with Gasteiger partial charge in [0.1, 0.15) is 23.0 Å². The first-order valence-corrected chi connectivity index (χ1v) is 10.7. The molecule has 172 valence electrons. The maximum absolute atomic E-state index is 12.8. The van der Waals surface area contributed by atoms with Gasteiger partial charge >= 0.3 is 0 Å². The smallest absolute Gasteiger partial charge is 0.267 e. The molecule has 3 aromatic rings. The summed E-state index contributed by atoms with van der Waals surface area (Å²) in [6.45, 7) is 0.910.